The molecule has 1 unspecified atom stereocenters. The Morgan fingerprint density at radius 1 is 1.09 bits per heavy atom. The molecule has 0 aromatic heterocycles. The van der Waals surface area contributed by atoms with Crippen LogP contribution in [0.5, 0.6) is 5.75 Å². The van der Waals surface area contributed by atoms with E-state index < -0.39 is 23.7 Å². The third kappa shape index (κ3) is 1.75. The minimum absolute atomic E-state index is 0.0572. The van der Waals surface area contributed by atoms with Crippen LogP contribution < -0.4 is 0 Å². The zero-order valence-electron chi connectivity index (χ0n) is 12.8. The van der Waals surface area contributed by atoms with E-state index in [1.165, 1.54) is 11.1 Å². The van der Waals surface area contributed by atoms with Crippen LogP contribution in [0.3, 0.4) is 0 Å². The number of hydrogen-bond donors (Lipinski definition) is 4. The van der Waals surface area contributed by atoms with Crippen molar-refractivity contribution in [3.63, 3.8) is 0 Å². The zero-order valence-corrected chi connectivity index (χ0v) is 12.8. The van der Waals surface area contributed by atoms with Crippen LogP contribution in [0.25, 0.3) is 0 Å². The Labute approximate surface area is 130 Å². The summed E-state index contributed by atoms with van der Waals surface area (Å²) < 4.78 is 0. The lowest BCUT2D eigenvalue weighted by molar-refractivity contribution is -0.0505. The number of aromatic hydroxyl groups is 1. The van der Waals surface area contributed by atoms with Gasteiger partial charge in [-0.25, -0.2) is 0 Å². The van der Waals surface area contributed by atoms with Crippen molar-refractivity contribution in [1.29, 1.82) is 0 Å². The Bertz CT molecular complexity index is 601. The summed E-state index contributed by atoms with van der Waals surface area (Å²) in [5.41, 5.74) is 2.09. The van der Waals surface area contributed by atoms with Crippen LogP contribution in [-0.2, 0) is 6.42 Å². The summed E-state index contributed by atoms with van der Waals surface area (Å²) in [6.45, 7) is 2.02. The molecule has 0 aliphatic heterocycles. The average Bonchev–Trinajstić information content (AvgIpc) is 2.68. The first-order valence-electron chi connectivity index (χ1n) is 8.29. The van der Waals surface area contributed by atoms with Gasteiger partial charge in [-0.3, -0.25) is 0 Å². The number of aliphatic hydroxyl groups excluding tert-OH is 3. The van der Waals surface area contributed by atoms with E-state index in [0.717, 1.165) is 25.7 Å². The van der Waals surface area contributed by atoms with E-state index in [0.29, 0.717) is 11.7 Å². The zero-order chi connectivity index (χ0) is 15.6. The normalized spacial score (nSPS) is 46.7. The van der Waals surface area contributed by atoms with E-state index in [1.807, 2.05) is 19.1 Å². The van der Waals surface area contributed by atoms with Crippen LogP contribution in [0.2, 0.25) is 0 Å². The highest BCUT2D eigenvalue weighted by atomic mass is 16.4. The van der Waals surface area contributed by atoms with E-state index in [-0.39, 0.29) is 11.8 Å². The molecule has 0 heterocycles. The number of fused-ring (bicyclic) bond motifs is 5. The maximum absolute atomic E-state index is 10.5. The summed E-state index contributed by atoms with van der Waals surface area (Å²) in [4.78, 5) is 0. The lowest BCUT2D eigenvalue weighted by Crippen LogP contribution is -2.46. The predicted molar refractivity (Wildman–Crippen MR) is 81.5 cm³/mol. The van der Waals surface area contributed by atoms with E-state index in [4.69, 9.17) is 0 Å². The number of phenols is 1. The van der Waals surface area contributed by atoms with Gasteiger partial charge in [0.25, 0.3) is 0 Å². The first kappa shape index (κ1) is 14.5. The van der Waals surface area contributed by atoms with Gasteiger partial charge in [0.2, 0.25) is 0 Å². The van der Waals surface area contributed by atoms with Gasteiger partial charge in [-0.1, -0.05) is 13.0 Å². The number of rotatable bonds is 0. The van der Waals surface area contributed by atoms with Gasteiger partial charge in [-0.2, -0.15) is 0 Å². The maximum atomic E-state index is 10.5. The van der Waals surface area contributed by atoms with Crippen molar-refractivity contribution in [1.82, 2.24) is 0 Å². The summed E-state index contributed by atoms with van der Waals surface area (Å²) in [6.07, 6.45) is 0.894. The highest BCUT2D eigenvalue weighted by Gasteiger charge is 2.62. The third-order valence-electron chi connectivity index (χ3n) is 6.72. The number of hydrogen-bond acceptors (Lipinski definition) is 4. The molecule has 0 saturated heterocycles. The second kappa shape index (κ2) is 4.70. The van der Waals surface area contributed by atoms with Crippen molar-refractivity contribution in [3.05, 3.63) is 29.3 Å². The third-order valence-corrected chi connectivity index (χ3v) is 6.72. The lowest BCUT2D eigenvalue weighted by atomic mass is 9.55. The maximum Gasteiger partial charge on any atom is 0.115 e. The molecule has 1 aromatic rings. The van der Waals surface area contributed by atoms with Crippen molar-refractivity contribution < 1.29 is 20.4 Å². The van der Waals surface area contributed by atoms with Crippen molar-refractivity contribution in [2.24, 2.45) is 17.3 Å². The molecule has 1 aromatic carbocycles. The quantitative estimate of drug-likeness (QED) is 0.586. The molecule has 3 aliphatic carbocycles. The van der Waals surface area contributed by atoms with Gasteiger partial charge in [0.05, 0.1) is 12.2 Å². The molecule has 4 N–H and O–H groups in total. The van der Waals surface area contributed by atoms with Crippen LogP contribution >= 0.6 is 0 Å². The molecule has 0 bridgehead atoms. The van der Waals surface area contributed by atoms with Gasteiger partial charge in [-0.15, -0.1) is 0 Å². The van der Waals surface area contributed by atoms with Crippen molar-refractivity contribution in [2.45, 2.75) is 56.8 Å². The van der Waals surface area contributed by atoms with Gasteiger partial charge in [0.15, 0.2) is 0 Å². The molecule has 3 aliphatic rings. The van der Waals surface area contributed by atoms with Crippen molar-refractivity contribution >= 4 is 0 Å². The molecule has 0 spiro atoms. The standard InChI is InChI=1S/C18H24O4/c1-18-7-6-12-11-5-3-10(19)8-9(11)2-4-13(12)14(18)15(20)16(21)17(18)22/h3,5,8,12-17,19-22H,2,4,6-7H2,1H3/t12-,13-,14-,15?,16-,17+,18+/m1/s1. The summed E-state index contributed by atoms with van der Waals surface area (Å²) >= 11 is 0. The molecule has 4 heteroatoms. The lowest BCUT2D eigenvalue weighted by Gasteiger charge is -2.50. The van der Waals surface area contributed by atoms with Gasteiger partial charge in [0.1, 0.15) is 11.9 Å². The summed E-state index contributed by atoms with van der Waals surface area (Å²) in [5, 5.41) is 40.7. The molecule has 7 atom stereocenters. The minimum atomic E-state index is -1.03. The second-order valence-corrected chi connectivity index (χ2v) is 7.69. The Morgan fingerprint density at radius 2 is 1.86 bits per heavy atom. The van der Waals surface area contributed by atoms with Crippen LogP contribution in [0.1, 0.15) is 43.2 Å². The Morgan fingerprint density at radius 3 is 2.64 bits per heavy atom. The van der Waals surface area contributed by atoms with E-state index in [1.54, 1.807) is 6.07 Å². The second-order valence-electron chi connectivity index (χ2n) is 7.69. The SMILES string of the molecule is C[C@]12CC[C@@H]3c4ccc(O)cc4CC[C@H]3[C@@H]1C(O)[C@@H](O)[C@@H]2O. The van der Waals surface area contributed by atoms with Gasteiger partial charge < -0.3 is 20.4 Å². The average molecular weight is 304 g/mol. The monoisotopic (exact) mass is 304 g/mol. The summed E-state index contributed by atoms with van der Waals surface area (Å²) in [6, 6.07) is 5.61. The van der Waals surface area contributed by atoms with E-state index in [9.17, 15) is 20.4 Å². The summed E-state index contributed by atoms with van der Waals surface area (Å²) in [7, 11) is 0. The topological polar surface area (TPSA) is 80.9 Å². The van der Waals surface area contributed by atoms with Crippen molar-refractivity contribution in [2.75, 3.05) is 0 Å². The fraction of sp³-hybridized carbons (Fsp3) is 0.667. The molecule has 120 valence electrons. The highest BCUT2D eigenvalue weighted by Crippen LogP contribution is 2.60. The fourth-order valence-electron chi connectivity index (χ4n) is 5.62. The minimum Gasteiger partial charge on any atom is -0.508 e. The van der Waals surface area contributed by atoms with Crippen LogP contribution in [-0.4, -0.2) is 38.7 Å². The fourth-order valence-corrected chi connectivity index (χ4v) is 5.62. The van der Waals surface area contributed by atoms with Gasteiger partial charge in [0, 0.05) is 5.41 Å². The Balaban J connectivity index is 1.74. The van der Waals surface area contributed by atoms with Crippen molar-refractivity contribution in [3.8, 4) is 5.75 Å². The highest BCUT2D eigenvalue weighted by molar-refractivity contribution is 5.40. The smallest absolute Gasteiger partial charge is 0.115 e. The molecule has 2 saturated carbocycles. The Hall–Kier alpha value is -1.10. The molecule has 2 fully saturated rings. The van der Waals surface area contributed by atoms with Crippen LogP contribution in [0.4, 0.5) is 0 Å². The number of phenolic OH excluding ortho intramolecular Hbond substituents is 1. The largest absolute Gasteiger partial charge is 0.508 e. The number of aryl methyl sites for hydroxylation is 1. The first-order chi connectivity index (χ1) is 10.4. The summed E-state index contributed by atoms with van der Waals surface area (Å²) in [5.74, 6) is 0.898. The van der Waals surface area contributed by atoms with Gasteiger partial charge >= 0.3 is 0 Å². The number of benzene rings is 1. The van der Waals surface area contributed by atoms with E-state index >= 15 is 0 Å². The molecular formula is C18H24O4. The number of aliphatic hydroxyl groups is 3. The molecule has 0 amide bonds. The van der Waals surface area contributed by atoms with Gasteiger partial charge in [-0.05, 0) is 66.7 Å². The van der Waals surface area contributed by atoms with Crippen LogP contribution in [0, 0.1) is 17.3 Å². The predicted octanol–water partition coefficient (Wildman–Crippen LogP) is 1.55. The Kier molecular flexibility index (Phi) is 3.09. The molecule has 22 heavy (non-hydrogen) atoms. The first-order valence-corrected chi connectivity index (χ1v) is 8.29. The molecule has 0 radical (unpaired) electrons. The molecule has 4 rings (SSSR count). The molecule has 4 nitrogen and oxygen atoms in total. The van der Waals surface area contributed by atoms with Crippen LogP contribution in [0.15, 0.2) is 18.2 Å². The van der Waals surface area contributed by atoms with E-state index in [2.05, 4.69) is 0 Å². The molecular weight excluding hydrogens is 280 g/mol.